The maximum absolute atomic E-state index is 2.42. The topological polar surface area (TPSA) is 0 Å². The SMILES string of the molecule is CC(C)C(Cc1ccccc1)C(c1ccccc1)C1CCCC1. The second kappa shape index (κ2) is 7.81. The highest BCUT2D eigenvalue weighted by molar-refractivity contribution is 5.24. The molecule has 0 radical (unpaired) electrons. The van der Waals surface area contributed by atoms with Crippen LogP contribution in [0.25, 0.3) is 0 Å². The van der Waals surface area contributed by atoms with Crippen molar-refractivity contribution in [2.75, 3.05) is 0 Å². The molecule has 0 aromatic heterocycles. The van der Waals surface area contributed by atoms with E-state index in [-0.39, 0.29) is 0 Å². The third-order valence-electron chi connectivity index (χ3n) is 5.72. The Morgan fingerprint density at radius 1 is 0.826 bits per heavy atom. The number of hydrogen-bond acceptors (Lipinski definition) is 0. The number of benzene rings is 2. The summed E-state index contributed by atoms with van der Waals surface area (Å²) >= 11 is 0. The summed E-state index contributed by atoms with van der Waals surface area (Å²) in [5.41, 5.74) is 3.05. The minimum Gasteiger partial charge on any atom is -0.0625 e. The molecule has 23 heavy (non-hydrogen) atoms. The summed E-state index contributed by atoms with van der Waals surface area (Å²) in [7, 11) is 0. The Hall–Kier alpha value is -1.56. The van der Waals surface area contributed by atoms with Gasteiger partial charge in [-0.1, -0.05) is 87.4 Å². The molecule has 1 aliphatic carbocycles. The van der Waals surface area contributed by atoms with E-state index in [4.69, 9.17) is 0 Å². The Morgan fingerprint density at radius 3 is 1.96 bits per heavy atom. The Balaban J connectivity index is 1.91. The molecule has 122 valence electrons. The van der Waals surface area contributed by atoms with Gasteiger partial charge < -0.3 is 0 Å². The highest BCUT2D eigenvalue weighted by Crippen LogP contribution is 2.45. The lowest BCUT2D eigenvalue weighted by Gasteiger charge is -2.35. The average molecular weight is 306 g/mol. The highest BCUT2D eigenvalue weighted by atomic mass is 14.4. The van der Waals surface area contributed by atoms with Gasteiger partial charge in [-0.3, -0.25) is 0 Å². The first-order valence-electron chi connectivity index (χ1n) is 9.34. The zero-order valence-electron chi connectivity index (χ0n) is 14.6. The fourth-order valence-corrected chi connectivity index (χ4v) is 4.52. The first-order valence-corrected chi connectivity index (χ1v) is 9.34. The molecule has 2 aromatic carbocycles. The first-order chi connectivity index (χ1) is 11.3. The van der Waals surface area contributed by atoms with Crippen LogP contribution in [-0.2, 0) is 6.42 Å². The lowest BCUT2D eigenvalue weighted by molar-refractivity contribution is 0.245. The van der Waals surface area contributed by atoms with Gasteiger partial charge in [-0.2, -0.15) is 0 Å². The van der Waals surface area contributed by atoms with Gasteiger partial charge in [0.15, 0.2) is 0 Å². The van der Waals surface area contributed by atoms with Crippen LogP contribution in [0.2, 0.25) is 0 Å². The highest BCUT2D eigenvalue weighted by Gasteiger charge is 2.34. The predicted molar refractivity (Wildman–Crippen MR) is 99.6 cm³/mol. The van der Waals surface area contributed by atoms with E-state index in [1.807, 2.05) is 0 Å². The van der Waals surface area contributed by atoms with Gasteiger partial charge in [-0.15, -0.1) is 0 Å². The van der Waals surface area contributed by atoms with Crippen LogP contribution in [0.3, 0.4) is 0 Å². The minimum atomic E-state index is 0.707. The van der Waals surface area contributed by atoms with Crippen LogP contribution in [0.1, 0.15) is 56.6 Å². The number of hydrogen-bond donors (Lipinski definition) is 0. The molecule has 0 saturated heterocycles. The predicted octanol–water partition coefficient (Wildman–Crippen LogP) is 6.48. The van der Waals surface area contributed by atoms with E-state index in [0.717, 1.165) is 11.8 Å². The maximum atomic E-state index is 2.42. The Bertz CT molecular complexity index is 564. The van der Waals surface area contributed by atoms with Crippen molar-refractivity contribution in [2.45, 2.75) is 51.9 Å². The molecular formula is C23H30. The van der Waals surface area contributed by atoms with Crippen molar-refractivity contribution >= 4 is 0 Å². The van der Waals surface area contributed by atoms with Gasteiger partial charge in [0.1, 0.15) is 0 Å². The van der Waals surface area contributed by atoms with E-state index in [1.54, 1.807) is 5.56 Å². The maximum Gasteiger partial charge on any atom is -0.00997 e. The lowest BCUT2D eigenvalue weighted by Crippen LogP contribution is -2.26. The second-order valence-electron chi connectivity index (χ2n) is 7.58. The van der Waals surface area contributed by atoms with Crippen molar-refractivity contribution in [1.29, 1.82) is 0 Å². The van der Waals surface area contributed by atoms with Crippen LogP contribution in [-0.4, -0.2) is 0 Å². The fraction of sp³-hybridized carbons (Fsp3) is 0.478. The molecule has 0 spiro atoms. The molecule has 0 nitrogen and oxygen atoms in total. The Labute approximate surface area is 141 Å². The molecular weight excluding hydrogens is 276 g/mol. The second-order valence-corrected chi connectivity index (χ2v) is 7.58. The lowest BCUT2D eigenvalue weighted by atomic mass is 9.69. The van der Waals surface area contributed by atoms with Gasteiger partial charge in [-0.05, 0) is 54.1 Å². The van der Waals surface area contributed by atoms with Crippen molar-refractivity contribution < 1.29 is 0 Å². The van der Waals surface area contributed by atoms with Gasteiger partial charge in [0, 0.05) is 0 Å². The van der Waals surface area contributed by atoms with Crippen LogP contribution in [0.5, 0.6) is 0 Å². The standard InChI is InChI=1S/C23H30/c1-18(2)22(17-19-11-5-3-6-12-19)23(21-15-9-10-16-21)20-13-7-4-8-14-20/h3-8,11-14,18,21-23H,9-10,15-17H2,1-2H3. The largest absolute Gasteiger partial charge is 0.0625 e. The molecule has 1 fully saturated rings. The molecule has 2 atom stereocenters. The van der Waals surface area contributed by atoms with E-state index in [0.29, 0.717) is 11.8 Å². The summed E-state index contributed by atoms with van der Waals surface area (Å²) in [6.07, 6.45) is 6.87. The summed E-state index contributed by atoms with van der Waals surface area (Å²) in [4.78, 5) is 0. The average Bonchev–Trinajstić information content (AvgIpc) is 3.10. The first kappa shape index (κ1) is 16.3. The summed E-state index contributed by atoms with van der Waals surface area (Å²) in [6, 6.07) is 22.4. The van der Waals surface area contributed by atoms with E-state index in [1.165, 1.54) is 37.7 Å². The smallest absolute Gasteiger partial charge is 0.00997 e. The molecule has 0 N–H and O–H groups in total. The summed E-state index contributed by atoms with van der Waals surface area (Å²) in [6.45, 7) is 4.83. The van der Waals surface area contributed by atoms with Crippen LogP contribution in [0.4, 0.5) is 0 Å². The molecule has 0 bridgehead atoms. The fourth-order valence-electron chi connectivity index (χ4n) is 4.52. The van der Waals surface area contributed by atoms with E-state index in [2.05, 4.69) is 74.5 Å². The van der Waals surface area contributed by atoms with E-state index in [9.17, 15) is 0 Å². The summed E-state index contributed by atoms with van der Waals surface area (Å²) in [5, 5.41) is 0. The van der Waals surface area contributed by atoms with Crippen LogP contribution < -0.4 is 0 Å². The van der Waals surface area contributed by atoms with E-state index >= 15 is 0 Å². The van der Waals surface area contributed by atoms with Crippen LogP contribution in [0, 0.1) is 17.8 Å². The van der Waals surface area contributed by atoms with Gasteiger partial charge in [0.25, 0.3) is 0 Å². The third-order valence-corrected chi connectivity index (χ3v) is 5.72. The van der Waals surface area contributed by atoms with Crippen molar-refractivity contribution in [1.82, 2.24) is 0 Å². The third kappa shape index (κ3) is 4.05. The molecule has 3 rings (SSSR count). The summed E-state index contributed by atoms with van der Waals surface area (Å²) < 4.78 is 0. The van der Waals surface area contributed by atoms with Crippen molar-refractivity contribution in [3.8, 4) is 0 Å². The molecule has 1 saturated carbocycles. The molecule has 2 aromatic rings. The number of rotatable bonds is 6. The Kier molecular flexibility index (Phi) is 5.54. The van der Waals surface area contributed by atoms with E-state index < -0.39 is 0 Å². The monoisotopic (exact) mass is 306 g/mol. The van der Waals surface area contributed by atoms with Gasteiger partial charge in [0.05, 0.1) is 0 Å². The molecule has 1 aliphatic rings. The molecule has 2 unspecified atom stereocenters. The van der Waals surface area contributed by atoms with Crippen molar-refractivity contribution in [2.24, 2.45) is 17.8 Å². The molecule has 0 heteroatoms. The Morgan fingerprint density at radius 2 is 1.39 bits per heavy atom. The zero-order valence-corrected chi connectivity index (χ0v) is 14.6. The molecule has 0 aliphatic heterocycles. The normalized spacial score (nSPS) is 18.2. The van der Waals surface area contributed by atoms with Gasteiger partial charge in [0.2, 0.25) is 0 Å². The minimum absolute atomic E-state index is 0.707. The zero-order chi connectivity index (χ0) is 16.1. The van der Waals surface area contributed by atoms with Crippen LogP contribution >= 0.6 is 0 Å². The van der Waals surface area contributed by atoms with Gasteiger partial charge >= 0.3 is 0 Å². The molecule has 0 amide bonds. The van der Waals surface area contributed by atoms with Crippen molar-refractivity contribution in [3.05, 3.63) is 71.8 Å². The van der Waals surface area contributed by atoms with Crippen LogP contribution in [0.15, 0.2) is 60.7 Å². The summed E-state index contributed by atoms with van der Waals surface area (Å²) in [5.74, 6) is 3.01. The van der Waals surface area contributed by atoms with Crippen molar-refractivity contribution in [3.63, 3.8) is 0 Å². The molecule has 0 heterocycles. The van der Waals surface area contributed by atoms with Gasteiger partial charge in [-0.25, -0.2) is 0 Å². The quantitative estimate of drug-likeness (QED) is 0.573.